The second-order valence-electron chi connectivity index (χ2n) is 8.92. The Balaban J connectivity index is 1.48. The number of halogens is 3. The summed E-state index contributed by atoms with van der Waals surface area (Å²) in [6.45, 7) is 5.57. The minimum atomic E-state index is -4.46. The molecule has 3 aromatic rings. The van der Waals surface area contributed by atoms with Crippen molar-refractivity contribution >= 4 is 22.4 Å². The highest BCUT2D eigenvalue weighted by atomic mass is 19.4. The summed E-state index contributed by atoms with van der Waals surface area (Å²) in [6, 6.07) is 16.0. The third-order valence-corrected chi connectivity index (χ3v) is 5.64. The van der Waals surface area contributed by atoms with Crippen molar-refractivity contribution in [1.29, 1.82) is 0 Å². The van der Waals surface area contributed by atoms with Gasteiger partial charge in [-0.1, -0.05) is 36.4 Å². The van der Waals surface area contributed by atoms with E-state index >= 15 is 0 Å². The van der Waals surface area contributed by atoms with Crippen LogP contribution in [-0.2, 0) is 20.4 Å². The Hall–Kier alpha value is -3.10. The molecule has 8 heteroatoms. The van der Waals surface area contributed by atoms with Gasteiger partial charge in [0.15, 0.2) is 6.29 Å². The van der Waals surface area contributed by atoms with Crippen molar-refractivity contribution in [2.24, 2.45) is 5.41 Å². The fraction of sp³-hybridized carbons (Fsp3) is 0.346. The topological polar surface area (TPSA) is 56.8 Å². The summed E-state index contributed by atoms with van der Waals surface area (Å²) in [4.78, 5) is 13.2. The van der Waals surface area contributed by atoms with Crippen LogP contribution >= 0.6 is 0 Å². The number of hydrogen-bond donors (Lipinski definition) is 1. The van der Waals surface area contributed by atoms with Gasteiger partial charge in [0.2, 0.25) is 5.91 Å². The average molecular weight is 473 g/mol. The smallest absolute Gasteiger partial charge is 0.416 e. The van der Waals surface area contributed by atoms with E-state index in [1.54, 1.807) is 13.0 Å². The first-order valence-corrected chi connectivity index (χ1v) is 11.0. The largest absolute Gasteiger partial charge is 0.490 e. The van der Waals surface area contributed by atoms with E-state index in [2.05, 4.69) is 5.32 Å². The molecule has 0 saturated carbocycles. The van der Waals surface area contributed by atoms with Crippen molar-refractivity contribution in [1.82, 2.24) is 0 Å². The van der Waals surface area contributed by atoms with E-state index in [-0.39, 0.29) is 30.8 Å². The molecule has 0 spiro atoms. The number of alkyl halides is 3. The summed E-state index contributed by atoms with van der Waals surface area (Å²) >= 11 is 0. The summed E-state index contributed by atoms with van der Waals surface area (Å²) < 4.78 is 56.3. The zero-order valence-electron chi connectivity index (χ0n) is 19.1. The van der Waals surface area contributed by atoms with Crippen LogP contribution in [0.3, 0.4) is 0 Å². The molecule has 1 aliphatic rings. The predicted molar refractivity (Wildman–Crippen MR) is 123 cm³/mol. The first-order chi connectivity index (χ1) is 16.1. The van der Waals surface area contributed by atoms with Crippen LogP contribution in [0.15, 0.2) is 60.7 Å². The Morgan fingerprint density at radius 3 is 2.35 bits per heavy atom. The van der Waals surface area contributed by atoms with Crippen LogP contribution in [-0.4, -0.2) is 25.2 Å². The zero-order valence-corrected chi connectivity index (χ0v) is 19.1. The first kappa shape index (κ1) is 24.0. The summed E-state index contributed by atoms with van der Waals surface area (Å²) in [5.41, 5.74) is -0.922. The zero-order chi connectivity index (χ0) is 24.5. The summed E-state index contributed by atoms with van der Waals surface area (Å²) in [5, 5.41) is 4.66. The van der Waals surface area contributed by atoms with E-state index in [9.17, 15) is 18.0 Å². The SMILES string of the molecule is CC(C)Oc1ccc(NC(=O)C2(C)COC(c3cccc(C(F)(F)F)c3)OC2)c2ccccc12. The monoisotopic (exact) mass is 473 g/mol. The number of carbonyl (C=O) groups is 1. The maximum Gasteiger partial charge on any atom is 0.416 e. The summed E-state index contributed by atoms with van der Waals surface area (Å²) in [7, 11) is 0. The fourth-order valence-electron chi connectivity index (χ4n) is 3.80. The van der Waals surface area contributed by atoms with Gasteiger partial charge in [-0.15, -0.1) is 0 Å². The average Bonchev–Trinajstić information content (AvgIpc) is 2.80. The van der Waals surface area contributed by atoms with Crippen LogP contribution in [0, 0.1) is 5.41 Å². The quantitative estimate of drug-likeness (QED) is 0.470. The van der Waals surface area contributed by atoms with Gasteiger partial charge in [-0.25, -0.2) is 0 Å². The number of benzene rings is 3. The number of carbonyl (C=O) groups excluding carboxylic acids is 1. The lowest BCUT2D eigenvalue weighted by atomic mass is 9.90. The second-order valence-corrected chi connectivity index (χ2v) is 8.92. The van der Waals surface area contributed by atoms with Crippen molar-refractivity contribution in [2.75, 3.05) is 18.5 Å². The van der Waals surface area contributed by atoms with Crippen molar-refractivity contribution < 1.29 is 32.2 Å². The van der Waals surface area contributed by atoms with Gasteiger partial charge in [-0.2, -0.15) is 13.2 Å². The molecule has 1 amide bonds. The normalized spacial score (nSPS) is 21.0. The maximum absolute atomic E-state index is 13.2. The van der Waals surface area contributed by atoms with E-state index in [0.29, 0.717) is 5.69 Å². The van der Waals surface area contributed by atoms with E-state index < -0.39 is 23.4 Å². The highest BCUT2D eigenvalue weighted by Gasteiger charge is 2.40. The molecule has 0 radical (unpaired) electrons. The molecule has 0 bridgehead atoms. The molecule has 0 atom stereocenters. The Bertz CT molecular complexity index is 1180. The highest BCUT2D eigenvalue weighted by Crippen LogP contribution is 2.37. The van der Waals surface area contributed by atoms with Gasteiger partial charge in [-0.3, -0.25) is 4.79 Å². The van der Waals surface area contributed by atoms with E-state index in [1.807, 2.05) is 44.2 Å². The molecular weight excluding hydrogens is 447 g/mol. The van der Waals surface area contributed by atoms with Crippen LogP contribution in [0.5, 0.6) is 5.75 Å². The molecule has 1 N–H and O–H groups in total. The van der Waals surface area contributed by atoms with Gasteiger partial charge in [0.05, 0.1) is 30.3 Å². The molecule has 0 aliphatic carbocycles. The Morgan fingerprint density at radius 2 is 1.71 bits per heavy atom. The molecule has 1 saturated heterocycles. The molecule has 1 aliphatic heterocycles. The predicted octanol–water partition coefficient (Wildman–Crippen LogP) is 6.34. The molecule has 5 nitrogen and oxygen atoms in total. The molecule has 0 unspecified atom stereocenters. The van der Waals surface area contributed by atoms with Gasteiger partial charge in [0, 0.05) is 22.0 Å². The number of amides is 1. The first-order valence-electron chi connectivity index (χ1n) is 11.0. The Kier molecular flexibility index (Phi) is 6.55. The standard InChI is InChI=1S/C26H26F3NO4/c1-16(2)34-22-12-11-21(19-9-4-5-10-20(19)22)30-24(31)25(3)14-32-23(33-15-25)17-7-6-8-18(13-17)26(27,28)29/h4-13,16,23H,14-15H2,1-3H3,(H,30,31). The number of nitrogens with one attached hydrogen (secondary N) is 1. The lowest BCUT2D eigenvalue weighted by Gasteiger charge is -2.36. The molecular formula is C26H26F3NO4. The number of ether oxygens (including phenoxy) is 3. The molecule has 180 valence electrons. The second kappa shape index (κ2) is 9.27. The maximum atomic E-state index is 13.2. The van der Waals surface area contributed by atoms with Gasteiger partial charge >= 0.3 is 6.18 Å². The van der Waals surface area contributed by atoms with Crippen molar-refractivity contribution in [3.05, 3.63) is 71.8 Å². The Labute approximate surface area is 195 Å². The van der Waals surface area contributed by atoms with Crippen LogP contribution in [0.25, 0.3) is 10.8 Å². The molecule has 1 fully saturated rings. The van der Waals surface area contributed by atoms with E-state index in [0.717, 1.165) is 28.7 Å². The number of hydrogen-bond acceptors (Lipinski definition) is 4. The number of fused-ring (bicyclic) bond motifs is 1. The lowest BCUT2D eigenvalue weighted by Crippen LogP contribution is -2.45. The minimum absolute atomic E-state index is 0.00376. The molecule has 0 aromatic heterocycles. The Morgan fingerprint density at radius 1 is 1.03 bits per heavy atom. The van der Waals surface area contributed by atoms with Crippen molar-refractivity contribution in [3.63, 3.8) is 0 Å². The fourth-order valence-corrected chi connectivity index (χ4v) is 3.80. The van der Waals surface area contributed by atoms with Gasteiger partial charge in [-0.05, 0) is 45.0 Å². The molecule has 4 rings (SSSR count). The van der Waals surface area contributed by atoms with Crippen LogP contribution in [0.2, 0.25) is 0 Å². The third kappa shape index (κ3) is 5.03. The van der Waals surface area contributed by atoms with Crippen molar-refractivity contribution in [2.45, 2.75) is 39.3 Å². The van der Waals surface area contributed by atoms with E-state index in [4.69, 9.17) is 14.2 Å². The molecule has 3 aromatic carbocycles. The van der Waals surface area contributed by atoms with Gasteiger partial charge in [0.25, 0.3) is 0 Å². The number of anilines is 1. The lowest BCUT2D eigenvalue weighted by molar-refractivity contribution is -0.226. The molecule has 34 heavy (non-hydrogen) atoms. The summed E-state index contributed by atoms with van der Waals surface area (Å²) in [5.74, 6) is 0.417. The van der Waals surface area contributed by atoms with Gasteiger partial charge in [0.1, 0.15) is 5.75 Å². The van der Waals surface area contributed by atoms with E-state index in [1.165, 1.54) is 12.1 Å². The number of rotatable bonds is 5. The van der Waals surface area contributed by atoms with Crippen LogP contribution < -0.4 is 10.1 Å². The third-order valence-electron chi connectivity index (χ3n) is 5.64. The van der Waals surface area contributed by atoms with Crippen LogP contribution in [0.1, 0.15) is 38.2 Å². The van der Waals surface area contributed by atoms with Crippen LogP contribution in [0.4, 0.5) is 18.9 Å². The van der Waals surface area contributed by atoms with Crippen molar-refractivity contribution in [3.8, 4) is 5.75 Å². The molecule has 1 heterocycles. The minimum Gasteiger partial charge on any atom is -0.490 e. The highest BCUT2D eigenvalue weighted by molar-refractivity contribution is 6.05. The van der Waals surface area contributed by atoms with Gasteiger partial charge < -0.3 is 19.5 Å². The summed E-state index contributed by atoms with van der Waals surface area (Å²) in [6.07, 6.45) is -5.43.